The van der Waals surface area contributed by atoms with Crippen molar-refractivity contribution in [2.24, 2.45) is 0 Å². The van der Waals surface area contributed by atoms with Crippen molar-refractivity contribution in [2.75, 3.05) is 12.4 Å². The molecular weight excluding hydrogens is 454 g/mol. The van der Waals surface area contributed by atoms with Crippen LogP contribution in [0.15, 0.2) is 51.7 Å². The number of aromatic hydroxyl groups is 1. The van der Waals surface area contributed by atoms with Gasteiger partial charge in [-0.1, -0.05) is 39.2 Å². The van der Waals surface area contributed by atoms with E-state index in [9.17, 15) is 9.90 Å². The number of phenols is 1. The van der Waals surface area contributed by atoms with Gasteiger partial charge in [-0.15, -0.1) is 0 Å². The second kappa shape index (κ2) is 6.95. The van der Waals surface area contributed by atoms with E-state index in [-0.39, 0.29) is 5.75 Å². The van der Waals surface area contributed by atoms with E-state index in [2.05, 4.69) is 47.0 Å². The summed E-state index contributed by atoms with van der Waals surface area (Å²) in [4.78, 5) is 12.7. The van der Waals surface area contributed by atoms with Gasteiger partial charge in [0.25, 0.3) is 5.56 Å². The van der Waals surface area contributed by atoms with Crippen molar-refractivity contribution in [3.8, 4) is 22.8 Å². The number of phenolic OH excluding ortho intramolecular Hbond substituents is 1. The van der Waals surface area contributed by atoms with E-state index in [1.807, 2.05) is 24.3 Å². The Morgan fingerprint density at radius 1 is 1.20 bits per heavy atom. The summed E-state index contributed by atoms with van der Waals surface area (Å²) in [5, 5.41) is 31.7. The van der Waals surface area contributed by atoms with Crippen LogP contribution in [0.1, 0.15) is 17.2 Å². The zero-order valence-corrected chi connectivity index (χ0v) is 17.1. The minimum Gasteiger partial charge on any atom is -0.504 e. The molecule has 0 bridgehead atoms. The molecule has 2 aromatic heterocycles. The Kier molecular flexibility index (Phi) is 4.24. The van der Waals surface area contributed by atoms with Crippen LogP contribution < -0.4 is 15.6 Å². The Labute approximate surface area is 177 Å². The molecule has 1 unspecified atom stereocenters. The van der Waals surface area contributed by atoms with Crippen molar-refractivity contribution in [1.29, 1.82) is 0 Å². The third kappa shape index (κ3) is 2.82. The molecule has 4 aromatic rings. The number of nitrogens with one attached hydrogen (secondary N) is 2. The number of ether oxygens (including phenoxy) is 1. The number of H-pyrrole nitrogens is 1. The van der Waals surface area contributed by atoms with E-state index >= 15 is 0 Å². The van der Waals surface area contributed by atoms with Gasteiger partial charge >= 0.3 is 0 Å². The van der Waals surface area contributed by atoms with Gasteiger partial charge in [-0.3, -0.25) is 4.79 Å². The van der Waals surface area contributed by atoms with Gasteiger partial charge in [0.2, 0.25) is 5.95 Å². The lowest BCUT2D eigenvalue weighted by Gasteiger charge is -2.28. The zero-order valence-electron chi connectivity index (χ0n) is 15.5. The summed E-state index contributed by atoms with van der Waals surface area (Å²) in [6, 6.07) is 12.0. The fourth-order valence-corrected chi connectivity index (χ4v) is 3.80. The van der Waals surface area contributed by atoms with Gasteiger partial charge in [-0.05, 0) is 40.3 Å². The lowest BCUT2D eigenvalue weighted by atomic mass is 9.92. The Morgan fingerprint density at radius 2 is 2.00 bits per heavy atom. The van der Waals surface area contributed by atoms with Crippen LogP contribution in [0.2, 0.25) is 0 Å². The summed E-state index contributed by atoms with van der Waals surface area (Å²) in [5.41, 5.74) is 2.61. The number of anilines is 2. The molecule has 11 heteroatoms. The number of benzene rings is 2. The second-order valence-electron chi connectivity index (χ2n) is 6.60. The molecule has 1 aliphatic heterocycles. The Bertz CT molecular complexity index is 1320. The molecule has 3 heterocycles. The maximum absolute atomic E-state index is 12.7. The minimum atomic E-state index is -0.575. The van der Waals surface area contributed by atoms with E-state index in [1.54, 1.807) is 16.8 Å². The van der Waals surface area contributed by atoms with Crippen molar-refractivity contribution < 1.29 is 9.84 Å². The van der Waals surface area contributed by atoms with E-state index in [0.717, 1.165) is 10.0 Å². The van der Waals surface area contributed by atoms with Gasteiger partial charge in [0.05, 0.1) is 12.8 Å². The molecule has 1 atom stereocenters. The predicted molar refractivity (Wildman–Crippen MR) is 111 cm³/mol. The van der Waals surface area contributed by atoms with Crippen molar-refractivity contribution >= 4 is 27.6 Å². The molecule has 0 spiro atoms. The van der Waals surface area contributed by atoms with Crippen LogP contribution in [0.3, 0.4) is 0 Å². The van der Waals surface area contributed by atoms with Crippen molar-refractivity contribution in [2.45, 2.75) is 6.04 Å². The molecular formula is C19H14BrN7O3. The Balaban J connectivity index is 1.81. The molecule has 0 saturated carbocycles. The monoisotopic (exact) mass is 467 g/mol. The van der Waals surface area contributed by atoms with Crippen LogP contribution in [0, 0.1) is 0 Å². The predicted octanol–water partition coefficient (Wildman–Crippen LogP) is 2.59. The van der Waals surface area contributed by atoms with Crippen LogP contribution in [-0.4, -0.2) is 42.6 Å². The largest absolute Gasteiger partial charge is 0.504 e. The fourth-order valence-electron chi connectivity index (χ4n) is 3.54. The van der Waals surface area contributed by atoms with Crippen LogP contribution >= 0.6 is 15.9 Å². The molecule has 0 saturated heterocycles. The number of halogens is 1. The molecule has 1 aliphatic rings. The molecule has 150 valence electrons. The van der Waals surface area contributed by atoms with Gasteiger partial charge < -0.3 is 15.2 Å². The molecule has 0 radical (unpaired) electrons. The first-order valence-corrected chi connectivity index (χ1v) is 9.66. The lowest BCUT2D eigenvalue weighted by Crippen LogP contribution is -2.29. The zero-order chi connectivity index (χ0) is 20.8. The average molecular weight is 468 g/mol. The van der Waals surface area contributed by atoms with Crippen molar-refractivity contribution in [3.05, 3.63) is 68.4 Å². The first kappa shape index (κ1) is 18.3. The third-order valence-corrected chi connectivity index (χ3v) is 5.43. The van der Waals surface area contributed by atoms with Gasteiger partial charge in [-0.2, -0.15) is 9.78 Å². The topological polar surface area (TPSA) is 131 Å². The summed E-state index contributed by atoms with van der Waals surface area (Å²) in [7, 11) is 1.47. The van der Waals surface area contributed by atoms with Gasteiger partial charge in [0.15, 0.2) is 11.5 Å². The standard InChI is InChI=1S/C19H14BrN7O3/c1-30-13-8-10(4-7-12(13)28)17-14-15(9-2-5-11(20)6-3-9)22-23-18(29)16(14)21-19-24-25-26-27(17)19/h2-8,17,28H,1H3,(H,23,29)(H,21,24,26). The van der Waals surface area contributed by atoms with Gasteiger partial charge in [-0.25, -0.2) is 5.10 Å². The highest BCUT2D eigenvalue weighted by Crippen LogP contribution is 2.42. The summed E-state index contributed by atoms with van der Waals surface area (Å²) < 4.78 is 7.76. The molecule has 10 nitrogen and oxygen atoms in total. The number of hydrogen-bond acceptors (Lipinski definition) is 8. The van der Waals surface area contributed by atoms with Crippen molar-refractivity contribution in [1.82, 2.24) is 30.4 Å². The molecule has 5 rings (SSSR count). The SMILES string of the molecule is COc1cc(C2c3c(-c4ccc(Br)cc4)n[nH]c(=O)c3Nc3nnnn32)ccc1O. The van der Waals surface area contributed by atoms with Crippen LogP contribution in [0.4, 0.5) is 11.6 Å². The maximum Gasteiger partial charge on any atom is 0.288 e. The maximum atomic E-state index is 12.7. The van der Waals surface area contributed by atoms with Crippen LogP contribution in [-0.2, 0) is 0 Å². The molecule has 3 N–H and O–H groups in total. The summed E-state index contributed by atoms with van der Waals surface area (Å²) in [6.07, 6.45) is 0. The lowest BCUT2D eigenvalue weighted by molar-refractivity contribution is 0.372. The van der Waals surface area contributed by atoms with E-state index in [0.29, 0.717) is 34.2 Å². The number of fused-ring (bicyclic) bond motifs is 2. The van der Waals surface area contributed by atoms with E-state index < -0.39 is 11.6 Å². The summed E-state index contributed by atoms with van der Waals surface area (Å²) >= 11 is 3.43. The fraction of sp³-hybridized carbons (Fsp3) is 0.105. The number of aromatic amines is 1. The Morgan fingerprint density at radius 3 is 2.77 bits per heavy atom. The summed E-state index contributed by atoms with van der Waals surface area (Å²) in [6.45, 7) is 0. The number of methoxy groups -OCH3 is 1. The second-order valence-corrected chi connectivity index (χ2v) is 7.52. The van der Waals surface area contributed by atoms with Crippen molar-refractivity contribution in [3.63, 3.8) is 0 Å². The number of rotatable bonds is 3. The first-order chi connectivity index (χ1) is 14.6. The Hall–Kier alpha value is -3.73. The number of hydrogen-bond donors (Lipinski definition) is 3. The van der Waals surface area contributed by atoms with E-state index in [1.165, 1.54) is 13.2 Å². The van der Waals surface area contributed by atoms with Gasteiger partial charge in [0, 0.05) is 15.6 Å². The smallest absolute Gasteiger partial charge is 0.288 e. The molecule has 2 aromatic carbocycles. The minimum absolute atomic E-state index is 0.00418. The molecule has 0 amide bonds. The van der Waals surface area contributed by atoms with Gasteiger partial charge in [0.1, 0.15) is 11.7 Å². The number of nitrogens with zero attached hydrogens (tertiary/aromatic N) is 5. The highest BCUT2D eigenvalue weighted by molar-refractivity contribution is 9.10. The number of tetrazole rings is 1. The third-order valence-electron chi connectivity index (χ3n) is 4.91. The van der Waals surface area contributed by atoms with E-state index in [4.69, 9.17) is 4.74 Å². The first-order valence-electron chi connectivity index (χ1n) is 8.87. The highest BCUT2D eigenvalue weighted by Gasteiger charge is 2.34. The molecule has 30 heavy (non-hydrogen) atoms. The molecule has 0 fully saturated rings. The average Bonchev–Trinajstić information content (AvgIpc) is 3.22. The van der Waals surface area contributed by atoms with Crippen LogP contribution in [0.5, 0.6) is 11.5 Å². The molecule has 0 aliphatic carbocycles. The normalized spacial score (nSPS) is 14.5. The summed E-state index contributed by atoms with van der Waals surface area (Å²) in [5.74, 6) is 0.618. The quantitative estimate of drug-likeness (QED) is 0.368. The van der Waals surface area contributed by atoms with Crippen LogP contribution in [0.25, 0.3) is 11.3 Å². The highest BCUT2D eigenvalue weighted by atomic mass is 79.9. The number of aromatic nitrogens is 6.